The van der Waals surface area contributed by atoms with Gasteiger partial charge < -0.3 is 15.0 Å². The number of carbonyl (C=O) groups excluding carboxylic acids is 2. The van der Waals surface area contributed by atoms with Crippen molar-refractivity contribution in [2.75, 3.05) is 16.8 Å². The number of hydrogen-bond donors (Lipinski definition) is 1. The Bertz CT molecular complexity index is 809. The number of hydrogen-bond acceptors (Lipinski definition) is 3. The lowest BCUT2D eigenvalue weighted by Crippen LogP contribution is -2.28. The van der Waals surface area contributed by atoms with Gasteiger partial charge in [0.25, 0.3) is 0 Å². The van der Waals surface area contributed by atoms with Gasteiger partial charge in [-0.1, -0.05) is 29.8 Å². The number of anilines is 2. The molecule has 0 aliphatic carbocycles. The molecule has 0 radical (unpaired) electrons. The van der Waals surface area contributed by atoms with Gasteiger partial charge in [-0.15, -0.1) is 0 Å². The van der Waals surface area contributed by atoms with Crippen LogP contribution in [0.25, 0.3) is 0 Å². The summed E-state index contributed by atoms with van der Waals surface area (Å²) in [7, 11) is 0. The van der Waals surface area contributed by atoms with Crippen molar-refractivity contribution in [1.82, 2.24) is 0 Å². The third-order valence-electron chi connectivity index (χ3n) is 4.20. The predicted octanol–water partition coefficient (Wildman–Crippen LogP) is 3.59. The molecule has 0 saturated carbocycles. The fraction of sp³-hybridized carbons (Fsp3) is 0.263. The first-order valence-electron chi connectivity index (χ1n) is 8.16. The molecule has 1 N–H and O–H groups in total. The van der Waals surface area contributed by atoms with E-state index in [0.29, 0.717) is 0 Å². The summed E-state index contributed by atoms with van der Waals surface area (Å²) in [5, 5.41) is 2.58. The summed E-state index contributed by atoms with van der Waals surface area (Å²) in [5.74, 6) is -1.23. The molecule has 136 valence electrons. The molecule has 7 heteroatoms. The lowest BCUT2D eigenvalue weighted by atomic mass is 10.1. The van der Waals surface area contributed by atoms with Crippen molar-refractivity contribution in [2.24, 2.45) is 5.92 Å². The van der Waals surface area contributed by atoms with Gasteiger partial charge in [-0.25, -0.2) is 0 Å². The number of alkyl halides is 2. The lowest BCUT2D eigenvalue weighted by Gasteiger charge is -2.17. The maximum Gasteiger partial charge on any atom is 0.387 e. The van der Waals surface area contributed by atoms with Crippen LogP contribution >= 0.6 is 0 Å². The molecule has 2 amide bonds. The summed E-state index contributed by atoms with van der Waals surface area (Å²) in [6.07, 6.45) is 0.0670. The van der Waals surface area contributed by atoms with Crippen molar-refractivity contribution in [3.8, 4) is 5.75 Å². The summed E-state index contributed by atoms with van der Waals surface area (Å²) >= 11 is 0. The van der Waals surface area contributed by atoms with Crippen molar-refractivity contribution in [3.63, 3.8) is 0 Å². The van der Waals surface area contributed by atoms with E-state index in [1.54, 1.807) is 11.0 Å². The molecule has 0 spiro atoms. The Morgan fingerprint density at radius 3 is 2.58 bits per heavy atom. The van der Waals surface area contributed by atoms with Crippen molar-refractivity contribution >= 4 is 23.2 Å². The highest BCUT2D eigenvalue weighted by atomic mass is 19.3. The first-order chi connectivity index (χ1) is 12.4. The zero-order chi connectivity index (χ0) is 18.7. The van der Waals surface area contributed by atoms with Crippen LogP contribution < -0.4 is 15.0 Å². The summed E-state index contributed by atoms with van der Waals surface area (Å²) < 4.78 is 29.3. The molecule has 1 aliphatic rings. The molecule has 2 aromatic rings. The van der Waals surface area contributed by atoms with Crippen LogP contribution in [0.3, 0.4) is 0 Å². The number of amides is 2. The molecule has 0 bridgehead atoms. The van der Waals surface area contributed by atoms with Crippen LogP contribution in [0.5, 0.6) is 5.75 Å². The molecule has 2 aromatic carbocycles. The van der Waals surface area contributed by atoms with Crippen LogP contribution in [0.2, 0.25) is 0 Å². The highest BCUT2D eigenvalue weighted by Crippen LogP contribution is 2.29. The van der Waals surface area contributed by atoms with E-state index in [0.717, 1.165) is 11.3 Å². The maximum atomic E-state index is 12.5. The van der Waals surface area contributed by atoms with E-state index in [9.17, 15) is 18.4 Å². The smallest absolute Gasteiger partial charge is 0.387 e. The second-order valence-electron chi connectivity index (χ2n) is 6.10. The van der Waals surface area contributed by atoms with Gasteiger partial charge in [0, 0.05) is 18.7 Å². The van der Waals surface area contributed by atoms with E-state index in [2.05, 4.69) is 10.1 Å². The SMILES string of the molecule is Cc1ccc(N2C[C@@H](C(=O)Nc3ccccc3OC(F)F)CC2=O)cc1. The topological polar surface area (TPSA) is 58.6 Å². The Balaban J connectivity index is 1.70. The molecule has 0 aromatic heterocycles. The monoisotopic (exact) mass is 360 g/mol. The van der Waals surface area contributed by atoms with Crippen molar-refractivity contribution in [3.05, 3.63) is 54.1 Å². The molecule has 1 atom stereocenters. The minimum absolute atomic E-state index is 0.0670. The van der Waals surface area contributed by atoms with Crippen LogP contribution in [0.4, 0.5) is 20.2 Å². The highest BCUT2D eigenvalue weighted by Gasteiger charge is 2.35. The van der Waals surface area contributed by atoms with Gasteiger partial charge in [0.15, 0.2) is 0 Å². The first kappa shape index (κ1) is 17.8. The third kappa shape index (κ3) is 3.99. The molecular formula is C19H18F2N2O3. The van der Waals surface area contributed by atoms with Crippen LogP contribution in [-0.2, 0) is 9.59 Å². The normalized spacial score (nSPS) is 16.8. The number of halogens is 2. The third-order valence-corrected chi connectivity index (χ3v) is 4.20. The molecule has 1 aliphatic heterocycles. The summed E-state index contributed by atoms with van der Waals surface area (Å²) in [6.45, 7) is -0.797. The largest absolute Gasteiger partial charge is 0.433 e. The van der Waals surface area contributed by atoms with Gasteiger partial charge in [-0.2, -0.15) is 8.78 Å². The van der Waals surface area contributed by atoms with Gasteiger partial charge in [-0.05, 0) is 31.2 Å². The highest BCUT2D eigenvalue weighted by molar-refractivity contribution is 6.03. The summed E-state index contributed by atoms with van der Waals surface area (Å²) in [5.41, 5.74) is 1.96. The molecule has 0 unspecified atom stereocenters. The van der Waals surface area contributed by atoms with Crippen LogP contribution in [-0.4, -0.2) is 25.0 Å². The average Bonchev–Trinajstić information content (AvgIpc) is 2.99. The van der Waals surface area contributed by atoms with Gasteiger partial charge in [-0.3, -0.25) is 9.59 Å². The zero-order valence-electron chi connectivity index (χ0n) is 14.1. The maximum absolute atomic E-state index is 12.5. The molecule has 1 saturated heterocycles. The molecule has 26 heavy (non-hydrogen) atoms. The number of ether oxygens (including phenoxy) is 1. The van der Waals surface area contributed by atoms with Gasteiger partial charge in [0.05, 0.1) is 11.6 Å². The predicted molar refractivity (Wildman–Crippen MR) is 93.3 cm³/mol. The van der Waals surface area contributed by atoms with E-state index in [1.165, 1.54) is 18.2 Å². The second kappa shape index (κ2) is 7.51. The minimum atomic E-state index is -2.99. The van der Waals surface area contributed by atoms with E-state index < -0.39 is 18.4 Å². The van der Waals surface area contributed by atoms with E-state index in [4.69, 9.17) is 0 Å². The summed E-state index contributed by atoms with van der Waals surface area (Å²) in [6, 6.07) is 13.4. The van der Waals surface area contributed by atoms with Gasteiger partial charge in [0.2, 0.25) is 11.8 Å². The molecule has 3 rings (SSSR count). The van der Waals surface area contributed by atoms with E-state index in [1.807, 2.05) is 31.2 Å². The Kier molecular flexibility index (Phi) is 5.16. The van der Waals surface area contributed by atoms with E-state index >= 15 is 0 Å². The number of benzene rings is 2. The number of carbonyl (C=O) groups is 2. The van der Waals surface area contributed by atoms with Crippen LogP contribution in [0.1, 0.15) is 12.0 Å². The number of nitrogens with zero attached hydrogens (tertiary/aromatic N) is 1. The number of nitrogens with one attached hydrogen (secondary N) is 1. The number of rotatable bonds is 5. The van der Waals surface area contributed by atoms with Crippen LogP contribution in [0.15, 0.2) is 48.5 Å². The van der Waals surface area contributed by atoms with Crippen molar-refractivity contribution in [2.45, 2.75) is 20.0 Å². The summed E-state index contributed by atoms with van der Waals surface area (Å²) in [4.78, 5) is 26.3. The van der Waals surface area contributed by atoms with Gasteiger partial charge in [0.1, 0.15) is 5.75 Å². The lowest BCUT2D eigenvalue weighted by molar-refractivity contribution is -0.122. The van der Waals surface area contributed by atoms with E-state index in [-0.39, 0.29) is 30.3 Å². The zero-order valence-corrected chi connectivity index (χ0v) is 14.1. The number of para-hydroxylation sites is 2. The Morgan fingerprint density at radius 1 is 1.19 bits per heavy atom. The quantitative estimate of drug-likeness (QED) is 0.887. The standard InChI is InChI=1S/C19H18F2N2O3/c1-12-6-8-14(9-7-12)23-11-13(10-17(23)24)18(25)22-15-4-2-3-5-16(15)26-19(20)21/h2-9,13,19H,10-11H2,1H3,(H,22,25)/t13-/m0/s1. The Hall–Kier alpha value is -2.96. The molecule has 1 fully saturated rings. The Morgan fingerprint density at radius 2 is 1.88 bits per heavy atom. The second-order valence-corrected chi connectivity index (χ2v) is 6.10. The first-order valence-corrected chi connectivity index (χ1v) is 8.16. The van der Waals surface area contributed by atoms with Crippen LogP contribution in [0, 0.1) is 12.8 Å². The fourth-order valence-corrected chi connectivity index (χ4v) is 2.86. The average molecular weight is 360 g/mol. The fourth-order valence-electron chi connectivity index (χ4n) is 2.86. The molecular weight excluding hydrogens is 342 g/mol. The molecule has 5 nitrogen and oxygen atoms in total. The minimum Gasteiger partial charge on any atom is -0.433 e. The number of aryl methyl sites for hydroxylation is 1. The molecule has 1 heterocycles. The Labute approximate surface area is 149 Å². The van der Waals surface area contributed by atoms with Gasteiger partial charge >= 0.3 is 6.61 Å². The van der Waals surface area contributed by atoms with Crippen molar-refractivity contribution < 1.29 is 23.1 Å². The van der Waals surface area contributed by atoms with Crippen molar-refractivity contribution in [1.29, 1.82) is 0 Å².